The summed E-state index contributed by atoms with van der Waals surface area (Å²) in [7, 11) is 3.24. The van der Waals surface area contributed by atoms with Crippen molar-refractivity contribution >= 4 is 52.1 Å². The van der Waals surface area contributed by atoms with Crippen LogP contribution < -0.4 is 27.5 Å². The molecule has 0 heterocycles. The maximum Gasteiger partial charge on any atom is 0.251 e. The van der Waals surface area contributed by atoms with Crippen LogP contribution in [0.3, 0.4) is 0 Å². The van der Waals surface area contributed by atoms with E-state index < -0.39 is 29.8 Å². The molecule has 8 N–H and O–H groups in total. The number of carbonyl (C=O) groups excluding carboxylic acids is 4. The maximum absolute atomic E-state index is 13.7. The zero-order chi connectivity index (χ0) is 32.0. The van der Waals surface area contributed by atoms with Crippen LogP contribution in [0.1, 0.15) is 39.0 Å². The highest BCUT2D eigenvalue weighted by Crippen LogP contribution is 2.35. The van der Waals surface area contributed by atoms with Crippen molar-refractivity contribution in [2.45, 2.75) is 19.5 Å². The molecular formula is C32H32ClN7O4. The van der Waals surface area contributed by atoms with Gasteiger partial charge in [-0.1, -0.05) is 66.2 Å². The second-order valence-electron chi connectivity index (χ2n) is 10.3. The molecule has 0 fully saturated rings. The number of amidine groups is 1. The molecule has 0 radical (unpaired) electrons. The van der Waals surface area contributed by atoms with Gasteiger partial charge in [0, 0.05) is 55.1 Å². The van der Waals surface area contributed by atoms with Gasteiger partial charge in [0.05, 0.1) is 6.42 Å². The molecule has 2 amide bonds. The monoisotopic (exact) mass is 613 g/mol. The Bertz CT molecular complexity index is 1700. The highest BCUT2D eigenvalue weighted by Gasteiger charge is 2.36. The minimum atomic E-state index is -0.695. The summed E-state index contributed by atoms with van der Waals surface area (Å²) in [6, 6.07) is 20.4. The van der Waals surface area contributed by atoms with Crippen LogP contribution in [0.2, 0.25) is 0 Å². The number of Topliss-reactive ketones (excluding diaryl/α,β-unsaturated/α-hetero) is 2. The summed E-state index contributed by atoms with van der Waals surface area (Å²) >= 11 is 6.41. The summed E-state index contributed by atoms with van der Waals surface area (Å²) in [5.74, 6) is -2.38. The van der Waals surface area contributed by atoms with E-state index in [0.717, 1.165) is 11.1 Å². The summed E-state index contributed by atoms with van der Waals surface area (Å²) in [6.45, 7) is 0.395. The molecule has 3 aromatic rings. The van der Waals surface area contributed by atoms with Crippen molar-refractivity contribution in [1.29, 1.82) is 5.41 Å². The molecule has 0 unspecified atom stereocenters. The number of ketones is 2. The molecule has 0 atom stereocenters. The quantitative estimate of drug-likeness (QED) is 0.0627. The minimum absolute atomic E-state index is 0.0761. The number of anilines is 1. The van der Waals surface area contributed by atoms with Gasteiger partial charge in [-0.25, -0.2) is 5.01 Å². The van der Waals surface area contributed by atoms with E-state index in [2.05, 4.69) is 16.1 Å². The van der Waals surface area contributed by atoms with Gasteiger partial charge in [-0.15, -0.1) is 0 Å². The molecule has 0 bridgehead atoms. The Labute approximate surface area is 259 Å². The predicted octanol–water partition coefficient (Wildman–Crippen LogP) is 2.61. The third-order valence-corrected chi connectivity index (χ3v) is 7.04. The zero-order valence-electron chi connectivity index (χ0n) is 24.2. The van der Waals surface area contributed by atoms with Gasteiger partial charge in [-0.05, 0) is 34.9 Å². The van der Waals surface area contributed by atoms with Gasteiger partial charge in [0.25, 0.3) is 5.91 Å². The van der Waals surface area contributed by atoms with Crippen LogP contribution in [-0.4, -0.2) is 48.3 Å². The van der Waals surface area contributed by atoms with Crippen LogP contribution in [0.4, 0.5) is 5.69 Å². The van der Waals surface area contributed by atoms with Gasteiger partial charge in [-0.3, -0.25) is 24.6 Å². The average molecular weight is 614 g/mol. The van der Waals surface area contributed by atoms with Gasteiger partial charge >= 0.3 is 0 Å². The number of benzene rings is 3. The summed E-state index contributed by atoms with van der Waals surface area (Å²) in [4.78, 5) is 53.6. The predicted molar refractivity (Wildman–Crippen MR) is 169 cm³/mol. The molecule has 11 nitrogen and oxygen atoms in total. The lowest BCUT2D eigenvalue weighted by molar-refractivity contribution is -0.122. The highest BCUT2D eigenvalue weighted by molar-refractivity contribution is 6.56. The van der Waals surface area contributed by atoms with Gasteiger partial charge in [0.1, 0.15) is 16.6 Å². The summed E-state index contributed by atoms with van der Waals surface area (Å²) in [6.07, 6.45) is -0.446. The molecule has 226 valence electrons. The molecule has 0 saturated carbocycles. The zero-order valence-corrected chi connectivity index (χ0v) is 24.9. The Balaban J connectivity index is 1.65. The number of amides is 2. The smallest absolute Gasteiger partial charge is 0.251 e. The van der Waals surface area contributed by atoms with Crippen molar-refractivity contribution in [1.82, 2.24) is 21.1 Å². The Kier molecular flexibility index (Phi) is 9.94. The molecule has 4 rings (SSSR count). The first kappa shape index (κ1) is 31.7. The normalized spacial score (nSPS) is 13.3. The number of allylic oxidation sites excluding steroid dienone is 3. The fraction of sp³-hybridized carbons (Fsp3) is 0.156. The molecular weight excluding hydrogens is 582 g/mol. The molecule has 0 spiro atoms. The average Bonchev–Trinajstić information content (AvgIpc) is 3.00. The van der Waals surface area contributed by atoms with Crippen LogP contribution in [0.15, 0.2) is 89.1 Å². The number of rotatable bonds is 11. The topological polar surface area (TPSA) is 184 Å². The van der Waals surface area contributed by atoms with Crippen LogP contribution in [0.25, 0.3) is 5.57 Å². The van der Waals surface area contributed by atoms with E-state index in [-0.39, 0.29) is 57.6 Å². The molecule has 1 aliphatic rings. The van der Waals surface area contributed by atoms with E-state index >= 15 is 0 Å². The Morgan fingerprint density at radius 3 is 2.14 bits per heavy atom. The van der Waals surface area contributed by atoms with Crippen LogP contribution in [-0.2, 0) is 27.5 Å². The Morgan fingerprint density at radius 2 is 1.50 bits per heavy atom. The SMILES string of the molecule is CN(C)NC1=C(Cl)C(=O)C(c2cc(N)cc(C(=O)NCc3ccccc3)c2)=C(CC(=O)NCc2ccc(C(=N)N)cc2)C1=O. The van der Waals surface area contributed by atoms with E-state index in [4.69, 9.17) is 28.5 Å². The van der Waals surface area contributed by atoms with Gasteiger partial charge < -0.3 is 27.5 Å². The lowest BCUT2D eigenvalue weighted by Crippen LogP contribution is -2.38. The second-order valence-corrected chi connectivity index (χ2v) is 10.7. The Hall–Kier alpha value is -5.26. The molecule has 3 aromatic carbocycles. The standard InChI is InChI=1S/C32H32ClN7O4/c1-40(2)39-28-27(33)30(43)26(21-12-22(14-23(34)13-21)32(44)38-17-18-6-4-3-5-7-18)24(29(28)42)15-25(41)37-16-19-8-10-20(11-9-19)31(35)36/h3-14,39H,15-17,34H2,1-2H3,(H3,35,36)(H,37,41)(H,38,44). The van der Waals surface area contributed by atoms with Gasteiger partial charge in [-0.2, -0.15) is 0 Å². The van der Waals surface area contributed by atoms with E-state index in [9.17, 15) is 19.2 Å². The number of nitrogens with zero attached hydrogens (tertiary/aromatic N) is 1. The largest absolute Gasteiger partial charge is 0.399 e. The maximum atomic E-state index is 13.7. The molecule has 1 aliphatic carbocycles. The number of hydrazine groups is 1. The number of hydrogen-bond acceptors (Lipinski definition) is 8. The van der Waals surface area contributed by atoms with Crippen molar-refractivity contribution in [3.63, 3.8) is 0 Å². The van der Waals surface area contributed by atoms with Crippen molar-refractivity contribution in [2.24, 2.45) is 5.73 Å². The molecule has 0 saturated heterocycles. The summed E-state index contributed by atoms with van der Waals surface area (Å²) in [5.41, 5.74) is 16.7. The first-order chi connectivity index (χ1) is 20.9. The van der Waals surface area contributed by atoms with Crippen LogP contribution in [0.5, 0.6) is 0 Å². The highest BCUT2D eigenvalue weighted by atomic mass is 35.5. The van der Waals surface area contributed by atoms with Crippen molar-refractivity contribution < 1.29 is 19.2 Å². The summed E-state index contributed by atoms with van der Waals surface area (Å²) < 4.78 is 0. The number of nitrogen functional groups attached to an aromatic ring is 2. The first-order valence-electron chi connectivity index (χ1n) is 13.5. The minimum Gasteiger partial charge on any atom is -0.399 e. The van der Waals surface area contributed by atoms with Crippen molar-refractivity contribution in [2.75, 3.05) is 19.8 Å². The molecule has 0 aliphatic heterocycles. The number of hydrogen-bond donors (Lipinski definition) is 6. The third-order valence-electron chi connectivity index (χ3n) is 6.68. The molecule has 12 heteroatoms. The molecule has 44 heavy (non-hydrogen) atoms. The second kappa shape index (κ2) is 13.8. The summed E-state index contributed by atoms with van der Waals surface area (Å²) in [5, 5.41) is 14.2. The van der Waals surface area contributed by atoms with Gasteiger partial charge in [0.15, 0.2) is 0 Å². The Morgan fingerprint density at radius 1 is 0.864 bits per heavy atom. The fourth-order valence-electron chi connectivity index (χ4n) is 4.56. The van der Waals surface area contributed by atoms with Crippen molar-refractivity contribution in [3.05, 3.63) is 117 Å². The lowest BCUT2D eigenvalue weighted by Gasteiger charge is -2.25. The van der Waals surface area contributed by atoms with Crippen LogP contribution in [0, 0.1) is 5.41 Å². The molecule has 0 aromatic heterocycles. The van der Waals surface area contributed by atoms with Crippen molar-refractivity contribution in [3.8, 4) is 0 Å². The van der Waals surface area contributed by atoms with Gasteiger partial charge in [0.2, 0.25) is 17.5 Å². The number of halogens is 1. The van der Waals surface area contributed by atoms with E-state index in [1.54, 1.807) is 38.4 Å². The third kappa shape index (κ3) is 7.57. The number of nitrogens with one attached hydrogen (secondary N) is 4. The van der Waals surface area contributed by atoms with Crippen LogP contribution >= 0.6 is 11.6 Å². The van der Waals surface area contributed by atoms with E-state index in [0.29, 0.717) is 5.56 Å². The first-order valence-corrected chi connectivity index (χ1v) is 13.9. The number of nitrogens with two attached hydrogens (primary N) is 2. The fourth-order valence-corrected chi connectivity index (χ4v) is 4.78. The lowest BCUT2D eigenvalue weighted by atomic mass is 9.85. The van der Waals surface area contributed by atoms with E-state index in [1.165, 1.54) is 23.2 Å². The van der Waals surface area contributed by atoms with E-state index in [1.807, 2.05) is 30.3 Å². The number of carbonyl (C=O) groups is 4.